The maximum absolute atomic E-state index is 8.30. The molecule has 0 amide bonds. The maximum Gasteiger partial charge on any atom is 0.716 e. The molecule has 0 heterocycles. The van der Waals surface area contributed by atoms with Gasteiger partial charge >= 0.3 is 7.32 Å². The fourth-order valence-electron chi connectivity index (χ4n) is 0.700. The molecule has 0 fully saturated rings. The van der Waals surface area contributed by atoms with Crippen LogP contribution in [0.3, 0.4) is 0 Å². The Balaban J connectivity index is 2.72. The van der Waals surface area contributed by atoms with Gasteiger partial charge in [-0.05, 0) is 18.1 Å². The van der Waals surface area contributed by atoms with Gasteiger partial charge in [0.15, 0.2) is 0 Å². The minimum absolute atomic E-state index is 0.492. The van der Waals surface area contributed by atoms with Crippen LogP contribution < -0.4 is 0 Å². The van der Waals surface area contributed by atoms with Gasteiger partial charge in [-0.3, -0.25) is 0 Å². The molecular formula is C8H6BClO3. The van der Waals surface area contributed by atoms with E-state index in [0.717, 1.165) is 0 Å². The molecule has 3 nitrogen and oxygen atoms in total. The van der Waals surface area contributed by atoms with Crippen molar-refractivity contribution in [2.45, 2.75) is 0 Å². The van der Waals surface area contributed by atoms with Gasteiger partial charge in [0.25, 0.3) is 0 Å². The standard InChI is InChI=1S/C8H6BClO3/c10-8-4-2-1-3-7(8)5-6-13-9(11)12/h1-4,11-12H. The van der Waals surface area contributed by atoms with Gasteiger partial charge in [-0.15, -0.1) is 0 Å². The fourth-order valence-corrected chi connectivity index (χ4v) is 0.883. The van der Waals surface area contributed by atoms with E-state index in [1.165, 1.54) is 0 Å². The molecule has 0 spiro atoms. The van der Waals surface area contributed by atoms with Gasteiger partial charge in [0.1, 0.15) is 0 Å². The van der Waals surface area contributed by atoms with Crippen molar-refractivity contribution in [1.82, 2.24) is 0 Å². The minimum atomic E-state index is -1.88. The molecule has 0 atom stereocenters. The number of hydrogen-bond donors (Lipinski definition) is 2. The van der Waals surface area contributed by atoms with Crippen molar-refractivity contribution in [2.24, 2.45) is 0 Å². The average Bonchev–Trinajstić information content (AvgIpc) is 2.08. The monoisotopic (exact) mass is 196 g/mol. The maximum atomic E-state index is 8.30. The van der Waals surface area contributed by atoms with Crippen LogP contribution in [-0.2, 0) is 4.65 Å². The van der Waals surface area contributed by atoms with Crippen molar-refractivity contribution in [3.05, 3.63) is 34.9 Å². The smallest absolute Gasteiger partial charge is 0.462 e. The Morgan fingerprint density at radius 2 is 2.00 bits per heavy atom. The Bertz CT molecular complexity index is 343. The molecule has 0 aliphatic heterocycles. The molecule has 0 aliphatic rings. The Labute approximate surface area is 81.1 Å². The zero-order valence-electron chi connectivity index (χ0n) is 6.57. The summed E-state index contributed by atoms with van der Waals surface area (Å²) < 4.78 is 4.19. The first-order valence-electron chi connectivity index (χ1n) is 3.47. The molecule has 13 heavy (non-hydrogen) atoms. The second-order valence-electron chi connectivity index (χ2n) is 2.15. The highest BCUT2D eigenvalue weighted by molar-refractivity contribution is 6.33. The van der Waals surface area contributed by atoms with E-state index >= 15 is 0 Å². The van der Waals surface area contributed by atoms with Crippen LogP contribution in [0.15, 0.2) is 24.3 Å². The second-order valence-corrected chi connectivity index (χ2v) is 2.56. The van der Waals surface area contributed by atoms with Gasteiger partial charge in [0.2, 0.25) is 0 Å². The van der Waals surface area contributed by atoms with Crippen LogP contribution in [0.25, 0.3) is 0 Å². The first kappa shape index (κ1) is 9.94. The number of hydrogen-bond acceptors (Lipinski definition) is 3. The molecule has 0 saturated heterocycles. The minimum Gasteiger partial charge on any atom is -0.462 e. The summed E-state index contributed by atoms with van der Waals surface area (Å²) in [5.41, 5.74) is 0.574. The molecule has 1 aromatic rings. The highest BCUT2D eigenvalue weighted by Crippen LogP contribution is 2.12. The first-order chi connectivity index (χ1) is 6.20. The van der Waals surface area contributed by atoms with Gasteiger partial charge in [0, 0.05) is 5.56 Å². The van der Waals surface area contributed by atoms with Gasteiger partial charge in [-0.1, -0.05) is 23.7 Å². The molecule has 0 aliphatic carbocycles. The van der Waals surface area contributed by atoms with Crippen molar-refractivity contribution in [3.63, 3.8) is 0 Å². The summed E-state index contributed by atoms with van der Waals surface area (Å²) in [7, 11) is -1.88. The normalized spacial score (nSPS) is 8.54. The third kappa shape index (κ3) is 3.39. The van der Waals surface area contributed by atoms with Crippen LogP contribution >= 0.6 is 11.6 Å². The van der Waals surface area contributed by atoms with Crippen LogP contribution in [0, 0.1) is 12.0 Å². The summed E-state index contributed by atoms with van der Waals surface area (Å²) in [4.78, 5) is 0. The van der Waals surface area contributed by atoms with E-state index in [4.69, 9.17) is 21.6 Å². The molecule has 2 N–H and O–H groups in total. The van der Waals surface area contributed by atoms with Crippen molar-refractivity contribution >= 4 is 18.9 Å². The summed E-state index contributed by atoms with van der Waals surface area (Å²) in [5.74, 6) is 2.52. The zero-order valence-corrected chi connectivity index (χ0v) is 7.32. The number of halogens is 1. The van der Waals surface area contributed by atoms with E-state index in [1.807, 2.05) is 0 Å². The Morgan fingerprint density at radius 1 is 1.31 bits per heavy atom. The van der Waals surface area contributed by atoms with Gasteiger partial charge in [-0.25, -0.2) is 0 Å². The van der Waals surface area contributed by atoms with Crippen LogP contribution in [0.5, 0.6) is 0 Å². The summed E-state index contributed by atoms with van der Waals surface area (Å²) in [6.07, 6.45) is 2.11. The fraction of sp³-hybridized carbons (Fsp3) is 0. The van der Waals surface area contributed by atoms with E-state index in [1.54, 1.807) is 24.3 Å². The number of rotatable bonds is 1. The predicted octanol–water partition coefficient (Wildman–Crippen LogP) is 0.635. The molecule has 5 heteroatoms. The lowest BCUT2D eigenvalue weighted by atomic mass is 10.2. The zero-order chi connectivity index (χ0) is 9.68. The Kier molecular flexibility index (Phi) is 3.65. The third-order valence-corrected chi connectivity index (χ3v) is 1.55. The lowest BCUT2D eigenvalue weighted by molar-refractivity contribution is 0.271. The largest absolute Gasteiger partial charge is 0.716 e. The van der Waals surface area contributed by atoms with E-state index in [0.29, 0.717) is 10.6 Å². The third-order valence-electron chi connectivity index (χ3n) is 1.22. The Hall–Kier alpha value is -1.15. The highest BCUT2D eigenvalue weighted by atomic mass is 35.5. The van der Waals surface area contributed by atoms with Gasteiger partial charge in [-0.2, -0.15) is 0 Å². The first-order valence-corrected chi connectivity index (χ1v) is 3.85. The summed E-state index contributed by atoms with van der Waals surface area (Å²) >= 11 is 5.76. The molecule has 0 saturated carbocycles. The van der Waals surface area contributed by atoms with Crippen molar-refractivity contribution < 1.29 is 14.7 Å². The average molecular weight is 196 g/mol. The van der Waals surface area contributed by atoms with Crippen molar-refractivity contribution in [2.75, 3.05) is 0 Å². The quantitative estimate of drug-likeness (QED) is 0.512. The topological polar surface area (TPSA) is 49.7 Å². The molecule has 0 radical (unpaired) electrons. The Morgan fingerprint density at radius 3 is 2.62 bits per heavy atom. The summed E-state index contributed by atoms with van der Waals surface area (Å²) in [6, 6.07) is 6.92. The van der Waals surface area contributed by atoms with Crippen molar-refractivity contribution in [3.8, 4) is 12.0 Å². The van der Waals surface area contributed by atoms with E-state index < -0.39 is 7.32 Å². The lowest BCUT2D eigenvalue weighted by Crippen LogP contribution is -2.12. The van der Waals surface area contributed by atoms with Crippen molar-refractivity contribution in [1.29, 1.82) is 0 Å². The van der Waals surface area contributed by atoms with Gasteiger partial charge < -0.3 is 14.7 Å². The highest BCUT2D eigenvalue weighted by Gasteiger charge is 2.06. The number of benzene rings is 1. The van der Waals surface area contributed by atoms with Gasteiger partial charge in [0.05, 0.1) is 11.1 Å². The van der Waals surface area contributed by atoms with Crippen LogP contribution in [0.4, 0.5) is 0 Å². The second kappa shape index (κ2) is 4.78. The van der Waals surface area contributed by atoms with E-state index in [9.17, 15) is 0 Å². The predicted molar refractivity (Wildman–Crippen MR) is 49.6 cm³/mol. The van der Waals surface area contributed by atoms with E-state index in [-0.39, 0.29) is 0 Å². The van der Waals surface area contributed by atoms with Crippen LogP contribution in [0.1, 0.15) is 5.56 Å². The molecule has 0 bridgehead atoms. The SMILES string of the molecule is OB(O)OC#Cc1ccccc1Cl. The molecule has 1 aromatic carbocycles. The molecule has 0 unspecified atom stereocenters. The summed E-state index contributed by atoms with van der Waals surface area (Å²) in [6.45, 7) is 0. The molecule has 0 aromatic heterocycles. The molecular weight excluding hydrogens is 190 g/mol. The van der Waals surface area contributed by atoms with E-state index in [2.05, 4.69) is 16.7 Å². The summed E-state index contributed by atoms with van der Waals surface area (Å²) in [5, 5.41) is 17.1. The van der Waals surface area contributed by atoms with Crippen LogP contribution in [-0.4, -0.2) is 17.4 Å². The lowest BCUT2D eigenvalue weighted by Gasteiger charge is -1.93. The van der Waals surface area contributed by atoms with Crippen LogP contribution in [0.2, 0.25) is 5.02 Å². The molecule has 66 valence electrons. The molecule has 1 rings (SSSR count).